The molecule has 11 nitrogen and oxygen atoms in total. The highest BCUT2D eigenvalue weighted by molar-refractivity contribution is 5.95. The van der Waals surface area contributed by atoms with Crippen LogP contribution in [0.3, 0.4) is 0 Å². The SMILES string of the molecule is N#Cc1ccccc1Cn1c(Oc2ccccc2C(N)=O)nc2nc(N3CCNCC3)[nH]c2c1=O. The van der Waals surface area contributed by atoms with E-state index < -0.39 is 11.5 Å². The number of hydrogen-bond acceptors (Lipinski definition) is 8. The largest absolute Gasteiger partial charge is 0.425 e. The topological polar surface area (TPSA) is 155 Å². The van der Waals surface area contributed by atoms with Crippen molar-refractivity contribution < 1.29 is 9.53 Å². The zero-order valence-corrected chi connectivity index (χ0v) is 18.7. The van der Waals surface area contributed by atoms with E-state index in [9.17, 15) is 14.9 Å². The Bertz CT molecular complexity index is 1510. The number of fused-ring (bicyclic) bond motifs is 1. The number of rotatable bonds is 6. The third kappa shape index (κ3) is 4.30. The van der Waals surface area contributed by atoms with Gasteiger partial charge in [-0.1, -0.05) is 30.3 Å². The molecule has 1 fully saturated rings. The number of H-pyrrole nitrogens is 1. The van der Waals surface area contributed by atoms with Crippen LogP contribution in [0.1, 0.15) is 21.5 Å². The van der Waals surface area contributed by atoms with Crippen molar-refractivity contribution in [3.8, 4) is 17.8 Å². The van der Waals surface area contributed by atoms with Crippen LogP contribution in [-0.2, 0) is 6.54 Å². The third-order valence-electron chi connectivity index (χ3n) is 5.80. The Morgan fingerprint density at radius 1 is 1.11 bits per heavy atom. The van der Waals surface area contributed by atoms with Crippen LogP contribution in [0.4, 0.5) is 5.95 Å². The normalized spacial score (nSPS) is 13.5. The maximum absolute atomic E-state index is 13.6. The number of anilines is 1. The maximum atomic E-state index is 13.6. The number of carbonyl (C=O) groups is 1. The van der Waals surface area contributed by atoms with Crippen LogP contribution >= 0.6 is 0 Å². The van der Waals surface area contributed by atoms with Gasteiger partial charge in [-0.3, -0.25) is 14.2 Å². The van der Waals surface area contributed by atoms with Crippen molar-refractivity contribution in [2.45, 2.75) is 6.54 Å². The van der Waals surface area contributed by atoms with Crippen LogP contribution < -0.4 is 26.2 Å². The molecule has 0 saturated carbocycles. The molecular formula is C24H22N8O3. The van der Waals surface area contributed by atoms with Gasteiger partial charge in [-0.25, -0.2) is 0 Å². The molecule has 0 unspecified atom stereocenters. The minimum Gasteiger partial charge on any atom is -0.425 e. The van der Waals surface area contributed by atoms with Gasteiger partial charge >= 0.3 is 6.01 Å². The zero-order chi connectivity index (χ0) is 24.4. The van der Waals surface area contributed by atoms with Crippen molar-refractivity contribution >= 4 is 23.0 Å². The van der Waals surface area contributed by atoms with Gasteiger partial charge in [0, 0.05) is 26.2 Å². The van der Waals surface area contributed by atoms with E-state index in [-0.39, 0.29) is 35.0 Å². The first kappa shape index (κ1) is 22.1. The summed E-state index contributed by atoms with van der Waals surface area (Å²) >= 11 is 0. The fraction of sp³-hybridized carbons (Fsp3) is 0.208. The minimum atomic E-state index is -0.675. The van der Waals surface area contributed by atoms with Crippen LogP contribution in [0.15, 0.2) is 53.3 Å². The number of benzene rings is 2. The summed E-state index contributed by atoms with van der Waals surface area (Å²) in [7, 11) is 0. The smallest absolute Gasteiger partial charge is 0.307 e. The third-order valence-corrected chi connectivity index (χ3v) is 5.80. The predicted molar refractivity (Wildman–Crippen MR) is 129 cm³/mol. The van der Waals surface area contributed by atoms with Crippen LogP contribution in [0.2, 0.25) is 0 Å². The van der Waals surface area contributed by atoms with Gasteiger partial charge in [-0.15, -0.1) is 0 Å². The summed E-state index contributed by atoms with van der Waals surface area (Å²) in [6.07, 6.45) is 0. The van der Waals surface area contributed by atoms with Crippen molar-refractivity contribution in [1.82, 2.24) is 24.8 Å². The summed E-state index contributed by atoms with van der Waals surface area (Å²) in [6.45, 7) is 3.11. The second kappa shape index (κ2) is 9.28. The van der Waals surface area contributed by atoms with Gasteiger partial charge < -0.3 is 25.7 Å². The molecule has 1 amide bonds. The lowest BCUT2D eigenvalue weighted by Gasteiger charge is -2.26. The predicted octanol–water partition coefficient (Wildman–Crippen LogP) is 1.34. The number of ether oxygens (including phenoxy) is 1. The first-order chi connectivity index (χ1) is 17.0. The maximum Gasteiger partial charge on any atom is 0.307 e. The monoisotopic (exact) mass is 470 g/mol. The molecule has 0 bridgehead atoms. The number of primary amides is 1. The molecule has 3 heterocycles. The Kier molecular flexibility index (Phi) is 5.87. The number of carbonyl (C=O) groups excluding carboxylic acids is 1. The number of amides is 1. The average Bonchev–Trinajstić information content (AvgIpc) is 3.32. The van der Waals surface area contributed by atoms with E-state index in [1.54, 1.807) is 42.5 Å². The summed E-state index contributed by atoms with van der Waals surface area (Å²) < 4.78 is 7.30. The molecule has 11 heteroatoms. The van der Waals surface area contributed by atoms with E-state index in [0.29, 0.717) is 17.1 Å². The molecule has 1 saturated heterocycles. The van der Waals surface area contributed by atoms with E-state index in [1.807, 2.05) is 4.90 Å². The van der Waals surface area contributed by atoms with Crippen molar-refractivity contribution in [3.63, 3.8) is 0 Å². The van der Waals surface area contributed by atoms with Crippen molar-refractivity contribution in [1.29, 1.82) is 5.26 Å². The first-order valence-corrected chi connectivity index (χ1v) is 11.1. The van der Waals surface area contributed by atoms with Gasteiger partial charge in [0.05, 0.1) is 23.7 Å². The summed E-state index contributed by atoms with van der Waals surface area (Å²) in [5.41, 5.74) is 6.70. The van der Waals surface area contributed by atoms with E-state index >= 15 is 0 Å². The summed E-state index contributed by atoms with van der Waals surface area (Å²) in [5.74, 6) is 0.0300. The molecule has 2 aromatic heterocycles. The van der Waals surface area contributed by atoms with E-state index in [4.69, 9.17) is 10.5 Å². The number of nitrogens with two attached hydrogens (primary N) is 1. The lowest BCUT2D eigenvalue weighted by atomic mass is 10.1. The minimum absolute atomic E-state index is 0.0293. The molecule has 0 atom stereocenters. The molecule has 0 aliphatic carbocycles. The van der Waals surface area contributed by atoms with Crippen molar-refractivity contribution in [3.05, 3.63) is 75.6 Å². The fourth-order valence-corrected chi connectivity index (χ4v) is 3.99. The zero-order valence-electron chi connectivity index (χ0n) is 18.7. The quantitative estimate of drug-likeness (QED) is 0.381. The lowest BCUT2D eigenvalue weighted by molar-refractivity contribution is 0.0998. The highest BCUT2D eigenvalue weighted by Gasteiger charge is 2.22. The Hall–Kier alpha value is -4.69. The molecule has 5 rings (SSSR count). The molecule has 1 aliphatic heterocycles. The van der Waals surface area contributed by atoms with Gasteiger partial charge in [-0.05, 0) is 23.8 Å². The Balaban J connectivity index is 1.65. The number of nitriles is 1. The Labute approximate surface area is 199 Å². The van der Waals surface area contributed by atoms with Gasteiger partial charge in [0.25, 0.3) is 11.5 Å². The molecule has 1 aliphatic rings. The number of para-hydroxylation sites is 1. The number of aromatic nitrogens is 4. The van der Waals surface area contributed by atoms with E-state index in [0.717, 1.165) is 26.2 Å². The summed E-state index contributed by atoms with van der Waals surface area (Å²) in [5, 5.41) is 12.8. The number of imidazole rings is 1. The fourth-order valence-electron chi connectivity index (χ4n) is 3.99. The lowest BCUT2D eigenvalue weighted by Crippen LogP contribution is -2.44. The number of hydrogen-bond donors (Lipinski definition) is 3. The average molecular weight is 470 g/mol. The number of nitrogens with zero attached hydrogens (tertiary/aromatic N) is 5. The number of nitrogens with one attached hydrogen (secondary N) is 2. The second-order valence-corrected chi connectivity index (χ2v) is 8.01. The Morgan fingerprint density at radius 2 is 1.86 bits per heavy atom. The van der Waals surface area contributed by atoms with Gasteiger partial charge in [0.2, 0.25) is 5.95 Å². The van der Waals surface area contributed by atoms with Gasteiger partial charge in [0.1, 0.15) is 5.75 Å². The summed E-state index contributed by atoms with van der Waals surface area (Å²) in [6, 6.07) is 15.5. The molecule has 35 heavy (non-hydrogen) atoms. The molecule has 176 valence electrons. The van der Waals surface area contributed by atoms with Crippen LogP contribution in [0.25, 0.3) is 11.2 Å². The van der Waals surface area contributed by atoms with E-state index in [1.165, 1.54) is 10.6 Å². The van der Waals surface area contributed by atoms with E-state index in [2.05, 4.69) is 26.3 Å². The molecule has 0 radical (unpaired) electrons. The highest BCUT2D eigenvalue weighted by atomic mass is 16.5. The number of aromatic amines is 1. The Morgan fingerprint density at radius 3 is 2.63 bits per heavy atom. The molecular weight excluding hydrogens is 448 g/mol. The van der Waals surface area contributed by atoms with Crippen LogP contribution in [0, 0.1) is 11.3 Å². The van der Waals surface area contributed by atoms with Crippen molar-refractivity contribution in [2.24, 2.45) is 5.73 Å². The van der Waals surface area contributed by atoms with Crippen LogP contribution in [-0.4, -0.2) is 51.6 Å². The van der Waals surface area contributed by atoms with Crippen molar-refractivity contribution in [2.75, 3.05) is 31.1 Å². The van der Waals surface area contributed by atoms with Crippen LogP contribution in [0.5, 0.6) is 11.8 Å². The molecule has 2 aromatic carbocycles. The second-order valence-electron chi connectivity index (χ2n) is 8.01. The van der Waals surface area contributed by atoms with Gasteiger partial charge in [-0.2, -0.15) is 15.2 Å². The standard InChI is InChI=1S/C24H22N8O3/c25-13-15-5-1-2-6-16(15)14-32-22(34)19-21(29-23(28-19)31-11-9-27-10-12-31)30-24(32)35-18-8-4-3-7-17(18)20(26)33/h1-8,27H,9-12,14H2,(H2,26,33)(H,28,29). The summed E-state index contributed by atoms with van der Waals surface area (Å²) in [4.78, 5) is 39.7. The number of piperazine rings is 1. The highest BCUT2D eigenvalue weighted by Crippen LogP contribution is 2.26. The first-order valence-electron chi connectivity index (χ1n) is 11.1. The molecule has 4 aromatic rings. The molecule has 4 N–H and O–H groups in total. The van der Waals surface area contributed by atoms with Gasteiger partial charge in [0.15, 0.2) is 11.2 Å². The molecule has 0 spiro atoms.